The fraction of sp³-hybridized carbons (Fsp3) is 0.0417. The highest BCUT2D eigenvalue weighted by molar-refractivity contribution is 6.06. The second-order valence-corrected chi connectivity index (χ2v) is 13.5. The first kappa shape index (κ1) is 29.3. The van der Waals surface area contributed by atoms with Crippen LogP contribution >= 0.6 is 0 Å². The number of nitrogens with zero attached hydrogens (tertiary/aromatic N) is 2. The van der Waals surface area contributed by atoms with Crippen LogP contribution in [0.1, 0.15) is 23.6 Å². The molecule has 0 saturated heterocycles. The van der Waals surface area contributed by atoms with Crippen LogP contribution in [0.3, 0.4) is 0 Å². The molecule has 9 aromatic rings. The van der Waals surface area contributed by atoms with Gasteiger partial charge >= 0.3 is 0 Å². The minimum absolute atomic E-state index is 0.256. The SMILES string of the molecule is CC1(c2ccccc2)c2ccccc2-c2c(-c3cccc(-c4cc(-c5ccc6c(c5)oc5ccccc56)nc(-c5ccccc5)n4)c3)cccc21. The van der Waals surface area contributed by atoms with Crippen LogP contribution in [0.5, 0.6) is 0 Å². The normalized spacial score (nSPS) is 14.8. The van der Waals surface area contributed by atoms with Crippen LogP contribution in [0.15, 0.2) is 180 Å². The van der Waals surface area contributed by atoms with Crippen LogP contribution in [0.2, 0.25) is 0 Å². The van der Waals surface area contributed by atoms with E-state index >= 15 is 0 Å². The third kappa shape index (κ3) is 4.66. The van der Waals surface area contributed by atoms with Gasteiger partial charge in [-0.15, -0.1) is 0 Å². The van der Waals surface area contributed by atoms with E-state index in [2.05, 4.69) is 146 Å². The monoisotopic (exact) mass is 652 g/mol. The summed E-state index contributed by atoms with van der Waals surface area (Å²) in [4.78, 5) is 10.3. The number of fused-ring (bicyclic) bond motifs is 6. The van der Waals surface area contributed by atoms with E-state index in [1.54, 1.807) is 0 Å². The van der Waals surface area contributed by atoms with E-state index in [1.165, 1.54) is 33.4 Å². The summed E-state index contributed by atoms with van der Waals surface area (Å²) in [6.07, 6.45) is 0. The molecule has 10 rings (SSSR count). The van der Waals surface area contributed by atoms with E-state index < -0.39 is 0 Å². The standard InChI is InChI=1S/C48H32N2O/c1-48(35-18-6-3-7-19-35)40-23-10-8-21-39(40)46-36(22-13-24-41(46)48)32-16-12-17-33(28-32)42-30-43(50-47(49-42)31-14-4-2-5-15-31)34-26-27-38-37-20-9-11-25-44(37)51-45(38)29-34/h2-30H,1H3. The van der Waals surface area contributed by atoms with Gasteiger partial charge in [0.2, 0.25) is 0 Å². The molecule has 1 aliphatic rings. The van der Waals surface area contributed by atoms with Crippen molar-refractivity contribution in [2.45, 2.75) is 12.3 Å². The van der Waals surface area contributed by atoms with Crippen molar-refractivity contribution in [3.8, 4) is 56.2 Å². The molecular weight excluding hydrogens is 621 g/mol. The molecule has 2 aromatic heterocycles. The number of benzene rings is 7. The molecule has 0 fully saturated rings. The van der Waals surface area contributed by atoms with E-state index in [1.807, 2.05) is 36.4 Å². The number of furan rings is 1. The van der Waals surface area contributed by atoms with Gasteiger partial charge in [0.25, 0.3) is 0 Å². The van der Waals surface area contributed by atoms with Gasteiger partial charge in [0.05, 0.1) is 11.4 Å². The van der Waals surface area contributed by atoms with Gasteiger partial charge in [0, 0.05) is 32.9 Å². The van der Waals surface area contributed by atoms with Crippen molar-refractivity contribution in [2.75, 3.05) is 0 Å². The summed E-state index contributed by atoms with van der Waals surface area (Å²) in [5.74, 6) is 0.686. The van der Waals surface area contributed by atoms with E-state index in [0.717, 1.165) is 55.6 Å². The number of hydrogen-bond acceptors (Lipinski definition) is 3. The first-order valence-corrected chi connectivity index (χ1v) is 17.4. The Bertz CT molecular complexity index is 2760. The Morgan fingerprint density at radius 3 is 1.88 bits per heavy atom. The minimum Gasteiger partial charge on any atom is -0.456 e. The molecule has 1 atom stereocenters. The maximum atomic E-state index is 6.27. The predicted octanol–water partition coefficient (Wildman–Crippen LogP) is 12.4. The Labute approximate surface area is 296 Å². The molecule has 0 aliphatic heterocycles. The molecular formula is C48H32N2O. The first-order chi connectivity index (χ1) is 25.1. The molecule has 240 valence electrons. The zero-order valence-electron chi connectivity index (χ0n) is 28.0. The zero-order valence-corrected chi connectivity index (χ0v) is 28.0. The van der Waals surface area contributed by atoms with Crippen LogP contribution in [0, 0.1) is 0 Å². The molecule has 0 N–H and O–H groups in total. The Morgan fingerprint density at radius 2 is 1.04 bits per heavy atom. The quantitative estimate of drug-likeness (QED) is 0.186. The Hall–Kier alpha value is -6.58. The lowest BCUT2D eigenvalue weighted by atomic mass is 9.74. The van der Waals surface area contributed by atoms with Crippen molar-refractivity contribution in [2.24, 2.45) is 0 Å². The summed E-state index contributed by atoms with van der Waals surface area (Å²) in [5.41, 5.74) is 15.1. The molecule has 3 nitrogen and oxygen atoms in total. The van der Waals surface area contributed by atoms with Gasteiger partial charge in [-0.05, 0) is 76.2 Å². The van der Waals surface area contributed by atoms with Crippen LogP contribution in [0.25, 0.3) is 78.1 Å². The second kappa shape index (κ2) is 11.5. The first-order valence-electron chi connectivity index (χ1n) is 17.4. The third-order valence-electron chi connectivity index (χ3n) is 10.6. The van der Waals surface area contributed by atoms with Crippen LogP contribution < -0.4 is 0 Å². The number of hydrogen-bond donors (Lipinski definition) is 0. The zero-order chi connectivity index (χ0) is 33.9. The molecule has 7 aromatic carbocycles. The molecule has 0 amide bonds. The van der Waals surface area contributed by atoms with Crippen molar-refractivity contribution in [1.82, 2.24) is 9.97 Å². The highest BCUT2D eigenvalue weighted by Gasteiger charge is 2.41. The smallest absolute Gasteiger partial charge is 0.160 e. The van der Waals surface area contributed by atoms with Crippen molar-refractivity contribution >= 4 is 21.9 Å². The Balaban J connectivity index is 1.13. The molecule has 3 heteroatoms. The van der Waals surface area contributed by atoms with Gasteiger partial charge in [0.1, 0.15) is 11.2 Å². The number of para-hydroxylation sites is 1. The Kier molecular flexibility index (Phi) is 6.62. The van der Waals surface area contributed by atoms with Crippen molar-refractivity contribution in [3.05, 3.63) is 193 Å². The van der Waals surface area contributed by atoms with Gasteiger partial charge in [-0.3, -0.25) is 0 Å². The molecule has 0 bridgehead atoms. The average molecular weight is 653 g/mol. The summed E-state index contributed by atoms with van der Waals surface area (Å²) in [6.45, 7) is 2.36. The summed E-state index contributed by atoms with van der Waals surface area (Å²) in [7, 11) is 0. The Morgan fingerprint density at radius 1 is 0.431 bits per heavy atom. The van der Waals surface area contributed by atoms with Gasteiger partial charge in [-0.1, -0.05) is 146 Å². The largest absolute Gasteiger partial charge is 0.456 e. The number of rotatable bonds is 5. The fourth-order valence-corrected chi connectivity index (χ4v) is 8.06. The molecule has 2 heterocycles. The minimum atomic E-state index is -0.256. The summed E-state index contributed by atoms with van der Waals surface area (Å²) >= 11 is 0. The van der Waals surface area contributed by atoms with Gasteiger partial charge in [-0.2, -0.15) is 0 Å². The van der Waals surface area contributed by atoms with Gasteiger partial charge in [0.15, 0.2) is 5.82 Å². The highest BCUT2D eigenvalue weighted by Crippen LogP contribution is 2.55. The van der Waals surface area contributed by atoms with Gasteiger partial charge in [-0.25, -0.2) is 9.97 Å². The molecule has 0 spiro atoms. The maximum Gasteiger partial charge on any atom is 0.160 e. The second-order valence-electron chi connectivity index (χ2n) is 13.5. The predicted molar refractivity (Wildman–Crippen MR) is 208 cm³/mol. The molecule has 0 saturated carbocycles. The molecule has 1 aliphatic carbocycles. The van der Waals surface area contributed by atoms with E-state index in [9.17, 15) is 0 Å². The average Bonchev–Trinajstić information content (AvgIpc) is 3.71. The molecule has 0 radical (unpaired) electrons. The van der Waals surface area contributed by atoms with Crippen molar-refractivity contribution in [3.63, 3.8) is 0 Å². The summed E-state index contributed by atoms with van der Waals surface area (Å²) in [6, 6.07) is 62.2. The van der Waals surface area contributed by atoms with E-state index in [0.29, 0.717) is 5.82 Å². The molecule has 1 unspecified atom stereocenters. The van der Waals surface area contributed by atoms with Crippen LogP contribution in [-0.4, -0.2) is 9.97 Å². The van der Waals surface area contributed by atoms with Crippen LogP contribution in [-0.2, 0) is 5.41 Å². The van der Waals surface area contributed by atoms with Crippen molar-refractivity contribution < 1.29 is 4.42 Å². The van der Waals surface area contributed by atoms with Crippen molar-refractivity contribution in [1.29, 1.82) is 0 Å². The topological polar surface area (TPSA) is 38.9 Å². The lowest BCUT2D eigenvalue weighted by Crippen LogP contribution is -2.22. The highest BCUT2D eigenvalue weighted by atomic mass is 16.3. The van der Waals surface area contributed by atoms with Crippen LogP contribution in [0.4, 0.5) is 0 Å². The lowest BCUT2D eigenvalue weighted by molar-refractivity contribution is 0.669. The fourth-order valence-electron chi connectivity index (χ4n) is 8.06. The summed E-state index contributed by atoms with van der Waals surface area (Å²) in [5, 5.41) is 2.21. The van der Waals surface area contributed by atoms with Gasteiger partial charge < -0.3 is 4.42 Å². The maximum absolute atomic E-state index is 6.27. The molecule has 51 heavy (non-hydrogen) atoms. The summed E-state index contributed by atoms with van der Waals surface area (Å²) < 4.78 is 6.27. The number of aromatic nitrogens is 2. The lowest BCUT2D eigenvalue weighted by Gasteiger charge is -2.28. The third-order valence-corrected chi connectivity index (χ3v) is 10.6. The van der Waals surface area contributed by atoms with E-state index in [-0.39, 0.29) is 5.41 Å². The van der Waals surface area contributed by atoms with E-state index in [4.69, 9.17) is 14.4 Å².